The fraction of sp³-hybridized carbons (Fsp3) is 0.364. The van der Waals surface area contributed by atoms with Crippen LogP contribution in [0.25, 0.3) is 0 Å². The predicted octanol–water partition coefficient (Wildman–Crippen LogP) is 3.51. The molecule has 0 unspecified atom stereocenters. The molecule has 5 nitrogen and oxygen atoms in total. The Kier molecular flexibility index (Phi) is 6.29. The summed E-state index contributed by atoms with van der Waals surface area (Å²) in [5.41, 5.74) is -6.41. The second kappa shape index (κ2) is 7.08. The molecule has 0 fully saturated rings. The van der Waals surface area contributed by atoms with Gasteiger partial charge in [0.2, 0.25) is 0 Å². The summed E-state index contributed by atoms with van der Waals surface area (Å²) in [4.78, 5) is 11.8. The molecule has 0 aliphatic carbocycles. The van der Waals surface area contributed by atoms with E-state index in [1.807, 2.05) is 0 Å². The maximum atomic E-state index is 13.0. The summed E-state index contributed by atoms with van der Waals surface area (Å²) in [5.74, 6) is -5.26. The Bertz CT molecular complexity index is 762. The first-order valence-corrected chi connectivity index (χ1v) is 8.79. The van der Waals surface area contributed by atoms with E-state index in [1.165, 1.54) is 6.07 Å². The minimum absolute atomic E-state index is 0.218. The number of rotatable bonds is 4. The highest BCUT2D eigenvalue weighted by molar-refractivity contribution is 14.1. The number of carbonyl (C=O) groups excluding carboxylic acids is 1. The molecule has 0 spiro atoms. The van der Waals surface area contributed by atoms with Crippen molar-refractivity contribution < 1.29 is 48.8 Å². The molecule has 0 aliphatic rings. The van der Waals surface area contributed by atoms with Crippen LogP contribution in [0.15, 0.2) is 18.2 Å². The topological polar surface area (TPSA) is 83.5 Å². The first-order valence-electron chi connectivity index (χ1n) is 5.75. The highest BCUT2D eigenvalue weighted by Crippen LogP contribution is 2.47. The molecule has 0 bridgehead atoms. The summed E-state index contributed by atoms with van der Waals surface area (Å²) in [6, 6.07) is 3.13. The predicted molar refractivity (Wildman–Crippen MR) is 79.0 cm³/mol. The van der Waals surface area contributed by atoms with Crippen LogP contribution in [-0.4, -0.2) is 42.6 Å². The standard InChI is InChI=1S/C11H6ClF6IO5S/c12-7-2-1-5(19)3-6(7)8(20)24-9(10(13,14)15,11(16,17)18)4-25(21,22)23/h1-3H,4H2,(H,21,22,23)/p-1. The molecule has 0 aromatic heterocycles. The largest absolute Gasteiger partial charge is 0.748 e. The first-order chi connectivity index (χ1) is 11.0. The lowest BCUT2D eigenvalue weighted by Crippen LogP contribution is -2.63. The van der Waals surface area contributed by atoms with Crippen LogP contribution in [-0.2, 0) is 14.9 Å². The van der Waals surface area contributed by atoms with Gasteiger partial charge in [-0.2, -0.15) is 26.3 Å². The third-order valence-electron chi connectivity index (χ3n) is 2.71. The molecule has 25 heavy (non-hydrogen) atoms. The Morgan fingerprint density at radius 1 is 1.16 bits per heavy atom. The van der Waals surface area contributed by atoms with E-state index in [0.717, 1.165) is 12.1 Å². The lowest BCUT2D eigenvalue weighted by Gasteiger charge is -2.36. The van der Waals surface area contributed by atoms with Gasteiger partial charge >= 0.3 is 23.9 Å². The lowest BCUT2D eigenvalue weighted by molar-refractivity contribution is -0.356. The van der Waals surface area contributed by atoms with Gasteiger partial charge in [-0.3, -0.25) is 0 Å². The number of hydrogen-bond donors (Lipinski definition) is 0. The highest BCUT2D eigenvalue weighted by atomic mass is 127. The fourth-order valence-corrected chi connectivity index (χ4v) is 3.16. The number of ether oxygens (including phenoxy) is 1. The van der Waals surface area contributed by atoms with Crippen LogP contribution in [0, 0.1) is 3.57 Å². The smallest absolute Gasteiger partial charge is 0.438 e. The van der Waals surface area contributed by atoms with Crippen molar-refractivity contribution in [1.29, 1.82) is 0 Å². The van der Waals surface area contributed by atoms with Crippen molar-refractivity contribution in [2.24, 2.45) is 0 Å². The van der Waals surface area contributed by atoms with Gasteiger partial charge in [-0.25, -0.2) is 13.2 Å². The van der Waals surface area contributed by atoms with Crippen LogP contribution in [0.4, 0.5) is 26.3 Å². The molecular formula is C11H5ClF6IO5S-. The van der Waals surface area contributed by atoms with E-state index in [1.54, 1.807) is 22.6 Å². The summed E-state index contributed by atoms with van der Waals surface area (Å²) in [6.45, 7) is 0. The van der Waals surface area contributed by atoms with Crippen molar-refractivity contribution in [2.75, 3.05) is 5.75 Å². The molecule has 0 N–H and O–H groups in total. The molecule has 142 valence electrons. The van der Waals surface area contributed by atoms with E-state index in [0.29, 0.717) is 0 Å². The zero-order valence-electron chi connectivity index (χ0n) is 11.4. The van der Waals surface area contributed by atoms with Crippen LogP contribution in [0.5, 0.6) is 0 Å². The number of carbonyl (C=O) groups is 1. The summed E-state index contributed by atoms with van der Waals surface area (Å²) in [7, 11) is -6.10. The van der Waals surface area contributed by atoms with Crippen LogP contribution in [0.3, 0.4) is 0 Å². The average molecular weight is 526 g/mol. The number of esters is 1. The number of hydrogen-bond acceptors (Lipinski definition) is 5. The van der Waals surface area contributed by atoms with E-state index in [4.69, 9.17) is 11.6 Å². The summed E-state index contributed by atoms with van der Waals surface area (Å²) >= 11 is 7.13. The zero-order chi connectivity index (χ0) is 19.8. The fourth-order valence-electron chi connectivity index (χ4n) is 1.59. The average Bonchev–Trinajstić information content (AvgIpc) is 2.36. The molecule has 0 amide bonds. The summed E-state index contributed by atoms with van der Waals surface area (Å²) in [5, 5.41) is -0.534. The maximum Gasteiger partial charge on any atom is 0.438 e. The van der Waals surface area contributed by atoms with Gasteiger partial charge in [0, 0.05) is 3.57 Å². The van der Waals surface area contributed by atoms with Crippen molar-refractivity contribution in [2.45, 2.75) is 18.0 Å². The van der Waals surface area contributed by atoms with Gasteiger partial charge in [-0.15, -0.1) is 0 Å². The third kappa shape index (κ3) is 5.10. The van der Waals surface area contributed by atoms with E-state index in [2.05, 4.69) is 4.74 Å². The van der Waals surface area contributed by atoms with Gasteiger partial charge in [0.1, 0.15) is 0 Å². The molecule has 0 heterocycles. The normalized spacial score (nSPS) is 13.6. The van der Waals surface area contributed by atoms with Gasteiger partial charge in [-0.05, 0) is 40.8 Å². The van der Waals surface area contributed by atoms with E-state index < -0.39 is 50.4 Å². The van der Waals surface area contributed by atoms with Crippen molar-refractivity contribution >= 4 is 50.3 Å². The second-order valence-electron chi connectivity index (χ2n) is 4.54. The first kappa shape index (κ1) is 22.2. The van der Waals surface area contributed by atoms with Crippen molar-refractivity contribution in [3.05, 3.63) is 32.4 Å². The minimum atomic E-state index is -6.44. The van der Waals surface area contributed by atoms with Gasteiger partial charge in [0.25, 0.3) is 0 Å². The SMILES string of the molecule is O=C(OC(CS(=O)(=O)[O-])(C(F)(F)F)C(F)(F)F)c1cc(I)ccc1Cl. The molecule has 1 aromatic rings. The molecule has 0 radical (unpaired) electrons. The number of halogens is 8. The van der Waals surface area contributed by atoms with Crippen molar-refractivity contribution in [3.8, 4) is 0 Å². The van der Waals surface area contributed by atoms with Crippen molar-refractivity contribution in [3.63, 3.8) is 0 Å². The maximum absolute atomic E-state index is 13.0. The monoisotopic (exact) mass is 525 g/mol. The zero-order valence-corrected chi connectivity index (χ0v) is 15.1. The van der Waals surface area contributed by atoms with Crippen LogP contribution < -0.4 is 0 Å². The van der Waals surface area contributed by atoms with Gasteiger partial charge in [0.05, 0.1) is 26.5 Å². The molecule has 0 saturated carbocycles. The third-order valence-corrected chi connectivity index (χ3v) is 4.47. The molecule has 0 atom stereocenters. The molecule has 0 saturated heterocycles. The summed E-state index contributed by atoms with van der Waals surface area (Å²) < 4.78 is 114. The Balaban J connectivity index is 3.53. The van der Waals surface area contributed by atoms with Crippen LogP contribution in [0.2, 0.25) is 5.02 Å². The van der Waals surface area contributed by atoms with Gasteiger partial charge in [-0.1, -0.05) is 11.6 Å². The molecule has 0 aliphatic heterocycles. The van der Waals surface area contributed by atoms with E-state index in [-0.39, 0.29) is 3.57 Å². The Morgan fingerprint density at radius 3 is 2.04 bits per heavy atom. The molecule has 1 rings (SSSR count). The van der Waals surface area contributed by atoms with Crippen LogP contribution >= 0.6 is 34.2 Å². The highest BCUT2D eigenvalue weighted by Gasteiger charge is 2.75. The molecular weight excluding hydrogens is 521 g/mol. The van der Waals surface area contributed by atoms with Gasteiger partial charge < -0.3 is 9.29 Å². The van der Waals surface area contributed by atoms with Gasteiger partial charge in [0.15, 0.2) is 0 Å². The second-order valence-corrected chi connectivity index (χ2v) is 7.60. The van der Waals surface area contributed by atoms with E-state index >= 15 is 0 Å². The number of alkyl halides is 6. The van der Waals surface area contributed by atoms with Crippen molar-refractivity contribution in [1.82, 2.24) is 0 Å². The lowest BCUT2D eigenvalue weighted by atomic mass is 10.1. The quantitative estimate of drug-likeness (QED) is 0.260. The molecule has 14 heteroatoms. The van der Waals surface area contributed by atoms with Crippen LogP contribution in [0.1, 0.15) is 10.4 Å². The number of benzene rings is 1. The Labute approximate surface area is 155 Å². The summed E-state index contributed by atoms with van der Waals surface area (Å²) in [6.07, 6.45) is -12.9. The molecule has 1 aromatic carbocycles. The van der Waals surface area contributed by atoms with E-state index in [9.17, 15) is 44.1 Å². The Hall–Kier alpha value is -0.800. The minimum Gasteiger partial charge on any atom is -0.748 e. The Morgan fingerprint density at radius 2 is 1.64 bits per heavy atom.